The highest BCUT2D eigenvalue weighted by atomic mass is 16.5. The van der Waals surface area contributed by atoms with Gasteiger partial charge in [-0.1, -0.05) is 6.92 Å². The lowest BCUT2D eigenvalue weighted by atomic mass is 9.43. The van der Waals surface area contributed by atoms with Crippen LogP contribution in [0.4, 0.5) is 0 Å². The first-order valence-electron chi connectivity index (χ1n) is 11.5. The fraction of sp³-hybridized carbons (Fsp3) is 1.00. The van der Waals surface area contributed by atoms with Gasteiger partial charge in [0.2, 0.25) is 0 Å². The summed E-state index contributed by atoms with van der Waals surface area (Å²) in [4.78, 5) is 2.15. The fourth-order valence-electron chi connectivity index (χ4n) is 9.98. The third-order valence-corrected chi connectivity index (χ3v) is 10.8. The molecule has 1 aliphatic heterocycles. The molecule has 6 aliphatic rings. The molecule has 6 fully saturated rings. The van der Waals surface area contributed by atoms with Gasteiger partial charge in [0, 0.05) is 68.7 Å². The molecule has 0 unspecified atom stereocenters. The van der Waals surface area contributed by atoms with E-state index in [1.165, 1.54) is 0 Å². The standard InChI is InChI=1S/C22H35NO7/c1-4-23-9-19(26)13-6-11-17(23)21(13,16(25)7-15(19)24)14-5-10-12(29-2)8-20(11,27)22(14,28)18(10)30-3/h10-18,24-28H,4-9H2,1-3H3/t10-,11+,12-,13-,14-,15-,16+,17-,18+,19-,20+,21+,22+/m1/s1. The van der Waals surface area contributed by atoms with Gasteiger partial charge in [0.1, 0.15) is 16.8 Å². The van der Waals surface area contributed by atoms with Gasteiger partial charge in [-0.25, -0.2) is 0 Å². The summed E-state index contributed by atoms with van der Waals surface area (Å²) in [6.07, 6.45) is -1.26. The zero-order valence-electron chi connectivity index (χ0n) is 17.9. The van der Waals surface area contributed by atoms with Crippen molar-refractivity contribution in [2.45, 2.75) is 79.9 Å². The fourth-order valence-corrected chi connectivity index (χ4v) is 9.98. The van der Waals surface area contributed by atoms with E-state index in [4.69, 9.17) is 9.47 Å². The van der Waals surface area contributed by atoms with E-state index in [9.17, 15) is 25.5 Å². The van der Waals surface area contributed by atoms with Crippen LogP contribution in [0.5, 0.6) is 0 Å². The number of β-amino-alcohol motifs (C(OH)–C–C–N with tert-alkyl or cyclic N) is 1. The number of hydrogen-bond acceptors (Lipinski definition) is 8. The van der Waals surface area contributed by atoms with Gasteiger partial charge in [-0.2, -0.15) is 0 Å². The van der Waals surface area contributed by atoms with Crippen LogP contribution in [0.2, 0.25) is 0 Å². The molecular weight excluding hydrogens is 390 g/mol. The lowest BCUT2D eigenvalue weighted by Gasteiger charge is -2.70. The van der Waals surface area contributed by atoms with Crippen molar-refractivity contribution in [1.29, 1.82) is 0 Å². The van der Waals surface area contributed by atoms with Crippen LogP contribution in [0, 0.1) is 29.1 Å². The average Bonchev–Trinajstić information content (AvgIpc) is 3.14. The number of aliphatic hydroxyl groups excluding tert-OH is 2. The molecule has 0 aromatic carbocycles. The van der Waals surface area contributed by atoms with Crippen molar-refractivity contribution in [1.82, 2.24) is 4.90 Å². The summed E-state index contributed by atoms with van der Waals surface area (Å²) < 4.78 is 11.6. The van der Waals surface area contributed by atoms with E-state index in [0.29, 0.717) is 32.4 Å². The van der Waals surface area contributed by atoms with E-state index in [2.05, 4.69) is 4.90 Å². The Morgan fingerprint density at radius 2 is 1.70 bits per heavy atom. The highest BCUT2D eigenvalue weighted by molar-refractivity contribution is 5.39. The van der Waals surface area contributed by atoms with Gasteiger partial charge in [-0.05, 0) is 19.4 Å². The summed E-state index contributed by atoms with van der Waals surface area (Å²) >= 11 is 0. The lowest BCUT2D eigenvalue weighted by molar-refractivity contribution is -0.345. The van der Waals surface area contributed by atoms with E-state index in [-0.39, 0.29) is 36.3 Å². The summed E-state index contributed by atoms with van der Waals surface area (Å²) in [6, 6.07) is -0.155. The van der Waals surface area contributed by atoms with Crippen molar-refractivity contribution in [3.63, 3.8) is 0 Å². The number of ether oxygens (including phenoxy) is 2. The van der Waals surface area contributed by atoms with Crippen LogP contribution in [0.15, 0.2) is 0 Å². The highest BCUT2D eigenvalue weighted by Crippen LogP contribution is 2.78. The van der Waals surface area contributed by atoms with E-state index in [0.717, 1.165) is 0 Å². The maximum absolute atomic E-state index is 12.3. The number of piperidine rings is 1. The molecule has 5 aliphatic carbocycles. The summed E-state index contributed by atoms with van der Waals surface area (Å²) in [5.41, 5.74) is -5.10. The Kier molecular flexibility index (Phi) is 3.91. The first kappa shape index (κ1) is 20.3. The van der Waals surface area contributed by atoms with Gasteiger partial charge in [-0.3, -0.25) is 4.90 Å². The van der Waals surface area contributed by atoms with Crippen molar-refractivity contribution in [3.8, 4) is 0 Å². The van der Waals surface area contributed by atoms with E-state index >= 15 is 0 Å². The van der Waals surface area contributed by atoms with Crippen LogP contribution in [0.1, 0.15) is 32.6 Å². The molecule has 13 atom stereocenters. The number of hydrogen-bond donors (Lipinski definition) is 5. The molecule has 30 heavy (non-hydrogen) atoms. The van der Waals surface area contributed by atoms with Gasteiger partial charge in [0.05, 0.1) is 24.4 Å². The smallest absolute Gasteiger partial charge is 0.124 e. The Bertz CT molecular complexity index is 768. The number of aliphatic hydroxyl groups is 5. The quantitative estimate of drug-likeness (QED) is 0.379. The Morgan fingerprint density at radius 3 is 2.33 bits per heavy atom. The highest BCUT2D eigenvalue weighted by Gasteiger charge is 2.89. The number of likely N-dealkylation sites (N-methyl/N-ethyl adjacent to an activating group) is 1. The summed E-state index contributed by atoms with van der Waals surface area (Å²) in [7, 11) is 3.21. The minimum Gasteiger partial charge on any atom is -0.392 e. The molecule has 1 heterocycles. The number of likely N-dealkylation sites (tertiary alicyclic amines) is 1. The molecule has 7 bridgehead atoms. The molecular formula is C22H35NO7. The molecule has 5 N–H and O–H groups in total. The summed E-state index contributed by atoms with van der Waals surface area (Å²) in [6.45, 7) is 2.99. The van der Waals surface area contributed by atoms with E-state index in [1.54, 1.807) is 14.2 Å². The molecule has 6 rings (SSSR count). The summed E-state index contributed by atoms with van der Waals surface area (Å²) in [5, 5.41) is 58.8. The molecule has 0 aromatic rings. The second-order valence-corrected chi connectivity index (χ2v) is 11.0. The Morgan fingerprint density at radius 1 is 0.967 bits per heavy atom. The van der Waals surface area contributed by atoms with Gasteiger partial charge in [0.25, 0.3) is 0 Å². The van der Waals surface area contributed by atoms with E-state index < -0.39 is 46.4 Å². The van der Waals surface area contributed by atoms with Crippen LogP contribution in [-0.2, 0) is 9.47 Å². The summed E-state index contributed by atoms with van der Waals surface area (Å²) in [5.74, 6) is -1.25. The molecule has 1 spiro atoms. The Hall–Kier alpha value is -0.320. The van der Waals surface area contributed by atoms with Crippen LogP contribution >= 0.6 is 0 Å². The van der Waals surface area contributed by atoms with Gasteiger partial charge >= 0.3 is 0 Å². The first-order valence-corrected chi connectivity index (χ1v) is 11.5. The number of methoxy groups -OCH3 is 2. The molecule has 8 nitrogen and oxygen atoms in total. The van der Waals surface area contributed by atoms with Crippen molar-refractivity contribution in [3.05, 3.63) is 0 Å². The molecule has 1 saturated heterocycles. The topological polar surface area (TPSA) is 123 Å². The van der Waals surface area contributed by atoms with Crippen LogP contribution in [0.25, 0.3) is 0 Å². The Labute approximate surface area is 176 Å². The largest absolute Gasteiger partial charge is 0.392 e. The minimum atomic E-state index is -1.52. The van der Waals surface area contributed by atoms with Gasteiger partial charge in [0.15, 0.2) is 0 Å². The molecule has 0 radical (unpaired) electrons. The Balaban J connectivity index is 1.63. The van der Waals surface area contributed by atoms with Gasteiger partial charge in [-0.15, -0.1) is 0 Å². The molecule has 0 amide bonds. The van der Waals surface area contributed by atoms with Crippen molar-refractivity contribution >= 4 is 0 Å². The van der Waals surface area contributed by atoms with Crippen LogP contribution in [-0.4, -0.2) is 105 Å². The molecule has 170 valence electrons. The van der Waals surface area contributed by atoms with Crippen molar-refractivity contribution in [2.24, 2.45) is 29.1 Å². The average molecular weight is 426 g/mol. The monoisotopic (exact) mass is 425 g/mol. The predicted octanol–water partition coefficient (Wildman–Crippen LogP) is -1.28. The normalized spacial score (nSPS) is 65.8. The predicted molar refractivity (Wildman–Crippen MR) is 104 cm³/mol. The first-order chi connectivity index (χ1) is 14.2. The maximum Gasteiger partial charge on any atom is 0.124 e. The zero-order valence-corrected chi connectivity index (χ0v) is 17.9. The molecule has 0 aromatic heterocycles. The van der Waals surface area contributed by atoms with E-state index in [1.807, 2.05) is 6.92 Å². The van der Waals surface area contributed by atoms with Crippen molar-refractivity contribution in [2.75, 3.05) is 27.3 Å². The van der Waals surface area contributed by atoms with Crippen LogP contribution in [0.3, 0.4) is 0 Å². The minimum absolute atomic E-state index is 0.0908. The molecule has 8 heteroatoms. The third kappa shape index (κ3) is 1.73. The molecule has 5 saturated carbocycles. The van der Waals surface area contributed by atoms with Crippen LogP contribution < -0.4 is 0 Å². The SMILES string of the molecule is CCN1C[C@]2(O)[C@H](O)C[C@H](O)[C@@]34[C@@H]2C[C@@H]([C@@H]13)[C@@]1(O)C[C@@H](OC)[C@H]2C[C@H]4[C@]1(O)[C@H]2OC. The third-order valence-electron chi connectivity index (χ3n) is 10.8. The lowest BCUT2D eigenvalue weighted by Crippen LogP contribution is -2.84. The number of rotatable bonds is 3. The van der Waals surface area contributed by atoms with Gasteiger partial charge < -0.3 is 35.0 Å². The van der Waals surface area contributed by atoms with Crippen molar-refractivity contribution < 1.29 is 35.0 Å². The second-order valence-electron chi connectivity index (χ2n) is 11.0. The number of fused-ring (bicyclic) bond motifs is 2. The second kappa shape index (κ2) is 5.78. The zero-order chi connectivity index (χ0) is 21.4. The number of nitrogens with zero attached hydrogens (tertiary/aromatic N) is 1. The maximum atomic E-state index is 12.3.